The third-order valence-corrected chi connectivity index (χ3v) is 1.61. The Morgan fingerprint density at radius 2 is 2.29 bits per heavy atom. The number of hydrogen-bond donors (Lipinski definition) is 0. The average molecular weight is 192 g/mol. The zero-order valence-corrected chi connectivity index (χ0v) is 7.77. The molecule has 0 aromatic carbocycles. The molecular weight excluding hydrogens is 184 g/mol. The number of carbonyl (C=O) groups excluding carboxylic acids is 1. The van der Waals surface area contributed by atoms with E-state index in [0.29, 0.717) is 0 Å². The summed E-state index contributed by atoms with van der Waals surface area (Å²) in [5, 5.41) is 8.72. The standard InChI is InChI=1S/C9H8N2O3/c1-13-8-6(5-10)3-4-11-7(8)9(12)14-2/h3-4H,1-2H3. The summed E-state index contributed by atoms with van der Waals surface area (Å²) in [7, 11) is 2.60. The molecule has 1 heterocycles. The van der Waals surface area contributed by atoms with Gasteiger partial charge in [-0.1, -0.05) is 0 Å². The summed E-state index contributed by atoms with van der Waals surface area (Å²) >= 11 is 0. The van der Waals surface area contributed by atoms with Crippen molar-refractivity contribution in [1.29, 1.82) is 5.26 Å². The fourth-order valence-electron chi connectivity index (χ4n) is 0.985. The molecule has 0 N–H and O–H groups in total. The molecular formula is C9H8N2O3. The molecule has 0 spiro atoms. The van der Waals surface area contributed by atoms with E-state index >= 15 is 0 Å². The minimum absolute atomic E-state index is 0.00838. The van der Waals surface area contributed by atoms with Gasteiger partial charge in [-0.25, -0.2) is 9.78 Å². The highest BCUT2D eigenvalue weighted by Crippen LogP contribution is 2.21. The van der Waals surface area contributed by atoms with Crippen LogP contribution >= 0.6 is 0 Å². The van der Waals surface area contributed by atoms with Crippen LogP contribution in [-0.4, -0.2) is 25.2 Å². The summed E-state index contributed by atoms with van der Waals surface area (Å²) in [5.74, 6) is -0.485. The second-order valence-electron chi connectivity index (χ2n) is 2.34. The summed E-state index contributed by atoms with van der Waals surface area (Å²) in [6.45, 7) is 0. The van der Waals surface area contributed by atoms with Crippen molar-refractivity contribution in [3.05, 3.63) is 23.5 Å². The van der Waals surface area contributed by atoms with Gasteiger partial charge in [-0.15, -0.1) is 0 Å². The number of methoxy groups -OCH3 is 2. The van der Waals surface area contributed by atoms with E-state index in [9.17, 15) is 4.79 Å². The molecule has 0 fully saturated rings. The highest BCUT2D eigenvalue weighted by molar-refractivity contribution is 5.91. The van der Waals surface area contributed by atoms with Crippen molar-refractivity contribution in [2.24, 2.45) is 0 Å². The second-order valence-corrected chi connectivity index (χ2v) is 2.34. The predicted octanol–water partition coefficient (Wildman–Crippen LogP) is 0.748. The van der Waals surface area contributed by atoms with Crippen molar-refractivity contribution in [2.45, 2.75) is 0 Å². The van der Waals surface area contributed by atoms with Crippen molar-refractivity contribution in [1.82, 2.24) is 4.98 Å². The van der Waals surface area contributed by atoms with Crippen molar-refractivity contribution in [3.8, 4) is 11.8 Å². The summed E-state index contributed by atoms with van der Waals surface area (Å²) in [5.41, 5.74) is 0.261. The molecule has 0 aliphatic carbocycles. The average Bonchev–Trinajstić information content (AvgIpc) is 2.26. The molecule has 0 aliphatic heterocycles. The van der Waals surface area contributed by atoms with Crippen LogP contribution in [0.15, 0.2) is 12.3 Å². The molecule has 1 aromatic rings. The first-order chi connectivity index (χ1) is 6.74. The van der Waals surface area contributed by atoms with E-state index in [1.54, 1.807) is 0 Å². The predicted molar refractivity (Wildman–Crippen MR) is 46.8 cm³/mol. The number of esters is 1. The molecule has 1 aromatic heterocycles. The van der Waals surface area contributed by atoms with Crippen LogP contribution in [0.5, 0.6) is 5.75 Å². The first kappa shape index (κ1) is 9.99. The number of nitrogens with zero attached hydrogens (tertiary/aromatic N) is 2. The smallest absolute Gasteiger partial charge is 0.360 e. The van der Waals surface area contributed by atoms with Crippen LogP contribution in [0.4, 0.5) is 0 Å². The summed E-state index contributed by atoms with van der Waals surface area (Å²) < 4.78 is 9.39. The Morgan fingerprint density at radius 1 is 1.57 bits per heavy atom. The van der Waals surface area contributed by atoms with Crippen LogP contribution in [0.2, 0.25) is 0 Å². The molecule has 0 radical (unpaired) electrons. The summed E-state index contributed by atoms with van der Waals surface area (Å²) in [6.07, 6.45) is 1.35. The van der Waals surface area contributed by atoms with Gasteiger partial charge in [0.1, 0.15) is 6.07 Å². The number of hydrogen-bond acceptors (Lipinski definition) is 5. The van der Waals surface area contributed by atoms with Crippen LogP contribution in [-0.2, 0) is 4.74 Å². The van der Waals surface area contributed by atoms with Gasteiger partial charge in [-0.05, 0) is 6.07 Å². The number of ether oxygens (including phenoxy) is 2. The lowest BCUT2D eigenvalue weighted by molar-refractivity contribution is 0.0590. The van der Waals surface area contributed by atoms with E-state index in [-0.39, 0.29) is 17.0 Å². The quantitative estimate of drug-likeness (QED) is 0.646. The largest absolute Gasteiger partial charge is 0.493 e. The SMILES string of the molecule is COC(=O)c1nccc(C#N)c1OC. The van der Waals surface area contributed by atoms with Gasteiger partial charge < -0.3 is 9.47 Å². The minimum Gasteiger partial charge on any atom is -0.493 e. The van der Waals surface area contributed by atoms with E-state index in [0.717, 1.165) is 0 Å². The Balaban J connectivity index is 3.31. The molecule has 5 nitrogen and oxygen atoms in total. The van der Waals surface area contributed by atoms with Crippen molar-refractivity contribution < 1.29 is 14.3 Å². The summed E-state index contributed by atoms with van der Waals surface area (Å²) in [6, 6.07) is 3.36. The normalized spacial score (nSPS) is 8.93. The maximum absolute atomic E-state index is 11.2. The van der Waals surface area contributed by atoms with Crippen LogP contribution in [0.1, 0.15) is 16.1 Å². The van der Waals surface area contributed by atoms with Crippen LogP contribution in [0.3, 0.4) is 0 Å². The Hall–Kier alpha value is -2.09. The Kier molecular flexibility index (Phi) is 3.02. The van der Waals surface area contributed by atoms with Gasteiger partial charge in [0.15, 0.2) is 11.4 Å². The maximum Gasteiger partial charge on any atom is 0.360 e. The third-order valence-electron chi connectivity index (χ3n) is 1.61. The maximum atomic E-state index is 11.2. The number of pyridine rings is 1. The molecule has 14 heavy (non-hydrogen) atoms. The van der Waals surface area contributed by atoms with Crippen molar-refractivity contribution >= 4 is 5.97 Å². The molecule has 0 atom stereocenters. The van der Waals surface area contributed by atoms with E-state index in [1.165, 1.54) is 26.5 Å². The van der Waals surface area contributed by atoms with Crippen LogP contribution in [0.25, 0.3) is 0 Å². The third kappa shape index (κ3) is 1.64. The lowest BCUT2D eigenvalue weighted by atomic mass is 10.2. The van der Waals surface area contributed by atoms with Crippen molar-refractivity contribution in [2.75, 3.05) is 14.2 Å². The fourth-order valence-corrected chi connectivity index (χ4v) is 0.985. The fraction of sp³-hybridized carbons (Fsp3) is 0.222. The zero-order chi connectivity index (χ0) is 10.6. The van der Waals surface area contributed by atoms with Gasteiger partial charge in [0.2, 0.25) is 0 Å². The topological polar surface area (TPSA) is 72.2 Å². The van der Waals surface area contributed by atoms with Gasteiger partial charge in [-0.2, -0.15) is 5.26 Å². The summed E-state index contributed by atoms with van der Waals surface area (Å²) in [4.78, 5) is 15.0. The van der Waals surface area contributed by atoms with Gasteiger partial charge in [0, 0.05) is 6.20 Å². The zero-order valence-electron chi connectivity index (χ0n) is 7.77. The molecule has 0 unspecified atom stereocenters. The molecule has 0 saturated carbocycles. The molecule has 5 heteroatoms. The number of aromatic nitrogens is 1. The van der Waals surface area contributed by atoms with E-state index < -0.39 is 5.97 Å². The molecule has 72 valence electrons. The van der Waals surface area contributed by atoms with E-state index in [2.05, 4.69) is 9.72 Å². The molecule has 1 rings (SSSR count). The Morgan fingerprint density at radius 3 is 2.79 bits per heavy atom. The molecule has 0 bridgehead atoms. The van der Waals surface area contributed by atoms with Crippen LogP contribution < -0.4 is 4.74 Å². The second kappa shape index (κ2) is 4.23. The number of carbonyl (C=O) groups is 1. The number of nitriles is 1. The Labute approximate surface area is 80.9 Å². The first-order valence-electron chi connectivity index (χ1n) is 3.76. The lowest BCUT2D eigenvalue weighted by Crippen LogP contribution is -2.07. The van der Waals surface area contributed by atoms with E-state index in [1.807, 2.05) is 6.07 Å². The Bertz CT molecular complexity index is 396. The molecule has 0 aliphatic rings. The molecule has 0 amide bonds. The van der Waals surface area contributed by atoms with Gasteiger partial charge in [0.25, 0.3) is 0 Å². The monoisotopic (exact) mass is 192 g/mol. The van der Waals surface area contributed by atoms with Gasteiger partial charge in [-0.3, -0.25) is 0 Å². The van der Waals surface area contributed by atoms with Crippen LogP contribution in [0, 0.1) is 11.3 Å². The first-order valence-corrected chi connectivity index (χ1v) is 3.76. The van der Waals surface area contributed by atoms with E-state index in [4.69, 9.17) is 10.00 Å². The van der Waals surface area contributed by atoms with Crippen molar-refractivity contribution in [3.63, 3.8) is 0 Å². The van der Waals surface area contributed by atoms with Gasteiger partial charge in [0.05, 0.1) is 19.8 Å². The highest BCUT2D eigenvalue weighted by atomic mass is 16.5. The lowest BCUT2D eigenvalue weighted by Gasteiger charge is -2.06. The number of rotatable bonds is 2. The molecule has 0 saturated heterocycles. The highest BCUT2D eigenvalue weighted by Gasteiger charge is 2.17. The minimum atomic E-state index is -0.626. The van der Waals surface area contributed by atoms with Gasteiger partial charge >= 0.3 is 5.97 Å².